The van der Waals surface area contributed by atoms with Crippen molar-refractivity contribution in [3.63, 3.8) is 0 Å². The maximum Gasteiger partial charge on any atom is 0.290 e. The summed E-state index contributed by atoms with van der Waals surface area (Å²) in [6.45, 7) is 2.10. The molecule has 0 aliphatic carbocycles. The number of hydrogen-bond donors (Lipinski definition) is 1. The Morgan fingerprint density at radius 2 is 2.09 bits per heavy atom. The number of amides is 1. The lowest BCUT2D eigenvalue weighted by molar-refractivity contribution is -0.129. The first-order valence-corrected chi connectivity index (χ1v) is 7.83. The summed E-state index contributed by atoms with van der Waals surface area (Å²) >= 11 is 12.1. The lowest BCUT2D eigenvalue weighted by Gasteiger charge is -2.27. The molecule has 1 N–H and O–H groups in total. The van der Waals surface area contributed by atoms with Crippen LogP contribution in [0, 0.1) is 0 Å². The maximum absolute atomic E-state index is 12.3. The minimum atomic E-state index is -0.721. The molecule has 1 aromatic rings. The third kappa shape index (κ3) is 3.52. The van der Waals surface area contributed by atoms with Crippen molar-refractivity contribution in [3.05, 3.63) is 45.1 Å². The summed E-state index contributed by atoms with van der Waals surface area (Å²) in [6.07, 6.45) is 0.572. The van der Waals surface area contributed by atoms with Gasteiger partial charge in [0.2, 0.25) is 0 Å². The van der Waals surface area contributed by atoms with E-state index in [2.05, 4.69) is 0 Å². The second-order valence-electron chi connectivity index (χ2n) is 5.23. The number of nitrogens with zero attached hydrogens (tertiary/aromatic N) is 1. The number of methoxy groups -OCH3 is 1. The molecule has 1 amide bonds. The van der Waals surface area contributed by atoms with Gasteiger partial charge in [-0.25, -0.2) is 0 Å². The molecule has 0 spiro atoms. The van der Waals surface area contributed by atoms with E-state index in [1.54, 1.807) is 25.3 Å². The lowest BCUT2D eigenvalue weighted by atomic mass is 9.96. The lowest BCUT2D eigenvalue weighted by Crippen LogP contribution is -2.32. The summed E-state index contributed by atoms with van der Waals surface area (Å²) in [5.74, 6) is -1.48. The highest BCUT2D eigenvalue weighted by Crippen LogP contribution is 2.41. The molecule has 1 aromatic carbocycles. The van der Waals surface area contributed by atoms with Gasteiger partial charge in [-0.15, -0.1) is 0 Å². The highest BCUT2D eigenvalue weighted by atomic mass is 35.5. The Labute approximate surface area is 144 Å². The number of halogens is 2. The summed E-state index contributed by atoms with van der Waals surface area (Å²) in [6, 6.07) is 4.12. The highest BCUT2D eigenvalue weighted by molar-refractivity contribution is 6.35. The molecule has 0 saturated carbocycles. The van der Waals surface area contributed by atoms with Crippen LogP contribution in [-0.4, -0.2) is 42.0 Å². The monoisotopic (exact) mass is 357 g/mol. The number of rotatable bonds is 6. The molecule has 1 aliphatic heterocycles. The number of benzene rings is 1. The molecule has 0 fully saturated rings. The molecule has 0 saturated heterocycles. The van der Waals surface area contributed by atoms with E-state index in [-0.39, 0.29) is 11.4 Å². The quantitative estimate of drug-likeness (QED) is 0.793. The number of aliphatic hydroxyl groups excluding tert-OH is 1. The zero-order valence-electron chi connectivity index (χ0n) is 12.8. The Kier molecular flexibility index (Phi) is 5.68. The zero-order valence-corrected chi connectivity index (χ0v) is 14.3. The number of ether oxygens (including phenoxy) is 1. The van der Waals surface area contributed by atoms with Gasteiger partial charge >= 0.3 is 0 Å². The van der Waals surface area contributed by atoms with Gasteiger partial charge in [-0.1, -0.05) is 29.3 Å². The topological polar surface area (TPSA) is 66.8 Å². The van der Waals surface area contributed by atoms with Crippen LogP contribution in [0.2, 0.25) is 10.0 Å². The fourth-order valence-electron chi connectivity index (χ4n) is 2.67. The number of carbonyl (C=O) groups excluding carboxylic acids is 2. The Balaban J connectivity index is 2.47. The van der Waals surface area contributed by atoms with Crippen LogP contribution in [0.4, 0.5) is 0 Å². The molecule has 1 heterocycles. The molecule has 1 aliphatic rings. The third-order valence-corrected chi connectivity index (χ3v) is 4.25. The van der Waals surface area contributed by atoms with Crippen LogP contribution in [0.15, 0.2) is 29.5 Å². The van der Waals surface area contributed by atoms with Gasteiger partial charge in [-0.2, -0.15) is 0 Å². The Bertz CT molecular complexity index is 672. The molecule has 0 radical (unpaired) electrons. The van der Waals surface area contributed by atoms with Gasteiger partial charge in [-0.05, 0) is 31.0 Å². The maximum atomic E-state index is 12.3. The predicted molar refractivity (Wildman–Crippen MR) is 87.7 cm³/mol. The average Bonchev–Trinajstić information content (AvgIpc) is 2.72. The normalized spacial score (nSPS) is 18.0. The van der Waals surface area contributed by atoms with Gasteiger partial charge < -0.3 is 14.7 Å². The average molecular weight is 358 g/mol. The Morgan fingerprint density at radius 3 is 2.65 bits per heavy atom. The summed E-state index contributed by atoms with van der Waals surface area (Å²) < 4.78 is 4.99. The van der Waals surface area contributed by atoms with E-state index in [0.29, 0.717) is 35.2 Å². The number of ketones is 1. The van der Waals surface area contributed by atoms with Crippen LogP contribution in [0.3, 0.4) is 0 Å². The van der Waals surface area contributed by atoms with E-state index in [1.807, 2.05) is 0 Å². The SMILES string of the molecule is COCCCN1C(=O)C(O)=C(C(C)=O)[C@@H]1c1ccc(Cl)cc1Cl. The molecule has 2 rings (SSSR count). The van der Waals surface area contributed by atoms with Gasteiger partial charge in [0.25, 0.3) is 5.91 Å². The third-order valence-electron chi connectivity index (χ3n) is 3.69. The molecular formula is C16H17Cl2NO4. The van der Waals surface area contributed by atoms with E-state index in [4.69, 9.17) is 27.9 Å². The Hall–Kier alpha value is -1.56. The van der Waals surface area contributed by atoms with Crippen molar-refractivity contribution in [3.8, 4) is 0 Å². The van der Waals surface area contributed by atoms with Gasteiger partial charge in [-0.3, -0.25) is 9.59 Å². The predicted octanol–water partition coefficient (Wildman–Crippen LogP) is 3.31. The van der Waals surface area contributed by atoms with Crippen LogP contribution in [0.25, 0.3) is 0 Å². The molecule has 0 unspecified atom stereocenters. The molecular weight excluding hydrogens is 341 g/mol. The first kappa shape index (κ1) is 17.8. The van der Waals surface area contributed by atoms with Crippen molar-refractivity contribution in [1.82, 2.24) is 4.90 Å². The largest absolute Gasteiger partial charge is 0.503 e. The molecule has 7 heteroatoms. The minimum absolute atomic E-state index is 0.0524. The number of hydrogen-bond acceptors (Lipinski definition) is 4. The van der Waals surface area contributed by atoms with Gasteiger partial charge in [0.05, 0.1) is 11.6 Å². The van der Waals surface area contributed by atoms with Crippen molar-refractivity contribution in [2.75, 3.05) is 20.3 Å². The van der Waals surface area contributed by atoms with E-state index in [9.17, 15) is 14.7 Å². The van der Waals surface area contributed by atoms with Gasteiger partial charge in [0.15, 0.2) is 11.5 Å². The van der Waals surface area contributed by atoms with Crippen LogP contribution < -0.4 is 0 Å². The highest BCUT2D eigenvalue weighted by Gasteiger charge is 2.42. The van der Waals surface area contributed by atoms with Crippen LogP contribution >= 0.6 is 23.2 Å². The molecule has 5 nitrogen and oxygen atoms in total. The first-order chi connectivity index (χ1) is 10.9. The van der Waals surface area contributed by atoms with Gasteiger partial charge in [0, 0.05) is 30.3 Å². The van der Waals surface area contributed by atoms with E-state index < -0.39 is 17.7 Å². The summed E-state index contributed by atoms with van der Waals surface area (Å²) in [5.41, 5.74) is 0.604. The van der Waals surface area contributed by atoms with Crippen molar-refractivity contribution >= 4 is 34.9 Å². The number of carbonyl (C=O) groups is 2. The number of Topliss-reactive ketones (excluding diaryl/α,β-unsaturated/α-hetero) is 1. The van der Waals surface area contributed by atoms with Crippen molar-refractivity contribution in [1.29, 1.82) is 0 Å². The molecule has 124 valence electrons. The van der Waals surface area contributed by atoms with E-state index in [0.717, 1.165) is 0 Å². The zero-order chi connectivity index (χ0) is 17.1. The summed E-state index contributed by atoms with van der Waals surface area (Å²) in [4.78, 5) is 25.7. The summed E-state index contributed by atoms with van der Waals surface area (Å²) in [7, 11) is 1.57. The van der Waals surface area contributed by atoms with Gasteiger partial charge in [0.1, 0.15) is 0 Å². The second-order valence-corrected chi connectivity index (χ2v) is 6.08. The molecule has 1 atom stereocenters. The van der Waals surface area contributed by atoms with E-state index >= 15 is 0 Å². The Morgan fingerprint density at radius 1 is 1.39 bits per heavy atom. The first-order valence-electron chi connectivity index (χ1n) is 7.07. The minimum Gasteiger partial charge on any atom is -0.503 e. The molecule has 23 heavy (non-hydrogen) atoms. The fraction of sp³-hybridized carbons (Fsp3) is 0.375. The van der Waals surface area contributed by atoms with Crippen molar-refractivity contribution < 1.29 is 19.4 Å². The van der Waals surface area contributed by atoms with Crippen LogP contribution in [0.1, 0.15) is 24.9 Å². The van der Waals surface area contributed by atoms with Crippen LogP contribution in [0.5, 0.6) is 0 Å². The van der Waals surface area contributed by atoms with Crippen molar-refractivity contribution in [2.45, 2.75) is 19.4 Å². The fourth-order valence-corrected chi connectivity index (χ4v) is 3.18. The van der Waals surface area contributed by atoms with Crippen LogP contribution in [-0.2, 0) is 14.3 Å². The molecule has 0 aromatic heterocycles. The number of aliphatic hydroxyl groups is 1. The smallest absolute Gasteiger partial charge is 0.290 e. The standard InChI is InChI=1S/C16H17Cl2NO4/c1-9(20)13-14(11-5-4-10(17)8-12(11)18)19(6-3-7-23-2)16(22)15(13)21/h4-5,8,14,21H,3,6-7H2,1-2H3/t14-/m0/s1. The summed E-state index contributed by atoms with van der Waals surface area (Å²) in [5, 5.41) is 10.9. The van der Waals surface area contributed by atoms with E-state index in [1.165, 1.54) is 11.8 Å². The van der Waals surface area contributed by atoms with Crippen molar-refractivity contribution in [2.24, 2.45) is 0 Å². The molecule has 0 bridgehead atoms. The second kappa shape index (κ2) is 7.34.